The van der Waals surface area contributed by atoms with Gasteiger partial charge in [-0.1, -0.05) is 6.92 Å². The second-order valence-electron chi connectivity index (χ2n) is 4.30. The van der Waals surface area contributed by atoms with Crippen molar-refractivity contribution in [3.63, 3.8) is 0 Å². The molecule has 1 unspecified atom stereocenters. The number of hydrogen-bond donors (Lipinski definition) is 1. The number of rotatable bonds is 7. The minimum Gasteiger partial charge on any atom is -0.469 e. The van der Waals surface area contributed by atoms with Crippen LogP contribution in [0, 0.1) is 0 Å². The normalized spacial score (nSPS) is 12.8. The van der Waals surface area contributed by atoms with Gasteiger partial charge in [0.1, 0.15) is 5.76 Å². The molecule has 2 nitrogen and oxygen atoms in total. The van der Waals surface area contributed by atoms with Gasteiger partial charge in [-0.3, -0.25) is 0 Å². The Morgan fingerprint density at radius 3 is 2.94 bits per heavy atom. The van der Waals surface area contributed by atoms with Crippen LogP contribution in [0.4, 0.5) is 0 Å². The Kier molecular flexibility index (Phi) is 5.47. The molecule has 0 radical (unpaired) electrons. The molecule has 0 aliphatic carbocycles. The van der Waals surface area contributed by atoms with Crippen molar-refractivity contribution in [3.05, 3.63) is 45.0 Å². The first-order valence-corrected chi connectivity index (χ1v) is 8.02. The Morgan fingerprint density at radius 2 is 2.33 bits per heavy atom. The molecular weight excluding hydrogens is 310 g/mol. The Morgan fingerprint density at radius 1 is 1.44 bits per heavy atom. The van der Waals surface area contributed by atoms with Gasteiger partial charge in [-0.2, -0.15) is 11.3 Å². The lowest BCUT2D eigenvalue weighted by molar-refractivity contribution is 0.452. The lowest BCUT2D eigenvalue weighted by atomic mass is 10.0. The summed E-state index contributed by atoms with van der Waals surface area (Å²) >= 11 is 5.37. The molecule has 0 saturated heterocycles. The molecular formula is C14H18BrNOS. The maximum Gasteiger partial charge on any atom is 0.103 e. The van der Waals surface area contributed by atoms with Crippen molar-refractivity contribution in [3.8, 4) is 0 Å². The van der Waals surface area contributed by atoms with Gasteiger partial charge in [0.15, 0.2) is 0 Å². The average Bonchev–Trinajstić information content (AvgIpc) is 3.01. The van der Waals surface area contributed by atoms with E-state index in [1.807, 2.05) is 12.1 Å². The maximum absolute atomic E-state index is 5.40. The highest BCUT2D eigenvalue weighted by molar-refractivity contribution is 9.10. The van der Waals surface area contributed by atoms with Crippen molar-refractivity contribution >= 4 is 27.3 Å². The van der Waals surface area contributed by atoms with Crippen LogP contribution < -0.4 is 5.32 Å². The van der Waals surface area contributed by atoms with Crippen molar-refractivity contribution in [2.24, 2.45) is 0 Å². The molecule has 18 heavy (non-hydrogen) atoms. The van der Waals surface area contributed by atoms with Crippen LogP contribution in [0.25, 0.3) is 0 Å². The van der Waals surface area contributed by atoms with Gasteiger partial charge < -0.3 is 9.73 Å². The largest absolute Gasteiger partial charge is 0.469 e. The van der Waals surface area contributed by atoms with Gasteiger partial charge in [0.25, 0.3) is 0 Å². The molecule has 0 aromatic carbocycles. The predicted molar refractivity (Wildman–Crippen MR) is 80.1 cm³/mol. The third kappa shape index (κ3) is 3.70. The number of furan rings is 1. The minimum absolute atomic E-state index is 0.399. The molecule has 0 bridgehead atoms. The standard InChI is InChI=1S/C14H18BrNOS/c1-2-7-16-14(12-9-18-10-13(12)15)6-5-11-4-3-8-17-11/h3-4,8-10,14,16H,2,5-7H2,1H3. The Labute approximate surface area is 121 Å². The van der Waals surface area contributed by atoms with Crippen molar-refractivity contribution in [1.29, 1.82) is 0 Å². The van der Waals surface area contributed by atoms with E-state index >= 15 is 0 Å². The summed E-state index contributed by atoms with van der Waals surface area (Å²) in [6.45, 7) is 3.24. The fraction of sp³-hybridized carbons (Fsp3) is 0.429. The van der Waals surface area contributed by atoms with Crippen LogP contribution in [0.3, 0.4) is 0 Å². The Balaban J connectivity index is 1.99. The van der Waals surface area contributed by atoms with Gasteiger partial charge >= 0.3 is 0 Å². The van der Waals surface area contributed by atoms with Crippen LogP contribution in [-0.2, 0) is 6.42 Å². The van der Waals surface area contributed by atoms with E-state index in [9.17, 15) is 0 Å². The van der Waals surface area contributed by atoms with E-state index < -0.39 is 0 Å². The Bertz CT molecular complexity index is 452. The molecule has 2 aromatic heterocycles. The zero-order valence-corrected chi connectivity index (χ0v) is 12.9. The molecule has 2 aromatic rings. The molecule has 0 fully saturated rings. The van der Waals surface area contributed by atoms with Crippen LogP contribution in [-0.4, -0.2) is 6.54 Å². The molecule has 2 heterocycles. The van der Waals surface area contributed by atoms with Crippen LogP contribution in [0.1, 0.15) is 37.1 Å². The molecule has 98 valence electrons. The van der Waals surface area contributed by atoms with E-state index in [1.54, 1.807) is 17.6 Å². The molecule has 0 saturated carbocycles. The van der Waals surface area contributed by atoms with E-state index in [-0.39, 0.29) is 0 Å². The number of halogens is 1. The fourth-order valence-corrected chi connectivity index (χ4v) is 3.59. The second kappa shape index (κ2) is 7.12. The number of nitrogens with one attached hydrogen (secondary N) is 1. The monoisotopic (exact) mass is 327 g/mol. The third-order valence-electron chi connectivity index (χ3n) is 2.92. The quantitative estimate of drug-likeness (QED) is 0.791. The van der Waals surface area contributed by atoms with Crippen molar-refractivity contribution < 1.29 is 4.42 Å². The van der Waals surface area contributed by atoms with Crippen molar-refractivity contribution in [2.75, 3.05) is 6.54 Å². The van der Waals surface area contributed by atoms with E-state index in [4.69, 9.17) is 4.42 Å². The second-order valence-corrected chi connectivity index (χ2v) is 5.90. The van der Waals surface area contributed by atoms with Gasteiger partial charge in [-0.05, 0) is 58.4 Å². The fourth-order valence-electron chi connectivity index (χ4n) is 1.97. The summed E-state index contributed by atoms with van der Waals surface area (Å²) in [7, 11) is 0. The molecule has 1 atom stereocenters. The van der Waals surface area contributed by atoms with Gasteiger partial charge in [0.2, 0.25) is 0 Å². The SMILES string of the molecule is CCCNC(CCc1ccco1)c1cscc1Br. The molecule has 0 amide bonds. The topological polar surface area (TPSA) is 25.2 Å². The molecule has 0 spiro atoms. The summed E-state index contributed by atoms with van der Waals surface area (Å²) in [5, 5.41) is 7.97. The van der Waals surface area contributed by atoms with E-state index in [0.717, 1.165) is 31.6 Å². The predicted octanol–water partition coefficient (Wildman–Crippen LogP) is 4.78. The van der Waals surface area contributed by atoms with Gasteiger partial charge in [-0.25, -0.2) is 0 Å². The first-order valence-electron chi connectivity index (χ1n) is 6.28. The Hall–Kier alpha value is -0.580. The number of thiophene rings is 1. The van der Waals surface area contributed by atoms with E-state index in [1.165, 1.54) is 10.0 Å². The minimum atomic E-state index is 0.399. The van der Waals surface area contributed by atoms with Crippen LogP contribution in [0.15, 0.2) is 38.0 Å². The van der Waals surface area contributed by atoms with Crippen LogP contribution >= 0.6 is 27.3 Å². The van der Waals surface area contributed by atoms with E-state index in [0.29, 0.717) is 6.04 Å². The van der Waals surface area contributed by atoms with Gasteiger partial charge in [-0.15, -0.1) is 0 Å². The van der Waals surface area contributed by atoms with Crippen molar-refractivity contribution in [2.45, 2.75) is 32.2 Å². The summed E-state index contributed by atoms with van der Waals surface area (Å²) in [6.07, 6.45) is 4.92. The maximum atomic E-state index is 5.40. The number of hydrogen-bond acceptors (Lipinski definition) is 3. The molecule has 1 N–H and O–H groups in total. The zero-order valence-electron chi connectivity index (χ0n) is 10.5. The molecule has 4 heteroatoms. The molecule has 0 aliphatic rings. The van der Waals surface area contributed by atoms with Crippen molar-refractivity contribution in [1.82, 2.24) is 5.32 Å². The molecule has 0 aliphatic heterocycles. The zero-order chi connectivity index (χ0) is 12.8. The van der Waals surface area contributed by atoms with Gasteiger partial charge in [0.05, 0.1) is 6.26 Å². The third-order valence-corrected chi connectivity index (χ3v) is 4.67. The summed E-state index contributed by atoms with van der Waals surface area (Å²) in [4.78, 5) is 0. The summed E-state index contributed by atoms with van der Waals surface area (Å²) in [6, 6.07) is 4.39. The first kappa shape index (κ1) is 13.8. The average molecular weight is 328 g/mol. The summed E-state index contributed by atoms with van der Waals surface area (Å²) < 4.78 is 6.61. The van der Waals surface area contributed by atoms with E-state index in [2.05, 4.69) is 38.9 Å². The highest BCUT2D eigenvalue weighted by atomic mass is 79.9. The van der Waals surface area contributed by atoms with Crippen LogP contribution in [0.2, 0.25) is 0 Å². The van der Waals surface area contributed by atoms with Crippen LogP contribution in [0.5, 0.6) is 0 Å². The highest BCUT2D eigenvalue weighted by Gasteiger charge is 2.15. The summed E-state index contributed by atoms with van der Waals surface area (Å²) in [5.41, 5.74) is 1.36. The molecule has 2 rings (SSSR count). The number of aryl methyl sites for hydroxylation is 1. The highest BCUT2D eigenvalue weighted by Crippen LogP contribution is 2.30. The summed E-state index contributed by atoms with van der Waals surface area (Å²) in [5.74, 6) is 1.06. The first-order chi connectivity index (χ1) is 8.81. The lowest BCUT2D eigenvalue weighted by Gasteiger charge is -2.17. The smallest absolute Gasteiger partial charge is 0.103 e. The van der Waals surface area contributed by atoms with Gasteiger partial charge in [0, 0.05) is 22.3 Å². The lowest BCUT2D eigenvalue weighted by Crippen LogP contribution is -2.22.